The normalized spacial score (nSPS) is 10.5. The van der Waals surface area contributed by atoms with Gasteiger partial charge in [0.25, 0.3) is 6.02 Å². The highest BCUT2D eigenvalue weighted by Gasteiger charge is 2.31. The van der Waals surface area contributed by atoms with E-state index in [0.717, 1.165) is 17.7 Å². The zero-order chi connectivity index (χ0) is 19.7. The van der Waals surface area contributed by atoms with Crippen molar-refractivity contribution in [3.8, 4) is 11.5 Å². The maximum atomic E-state index is 12.8. The van der Waals surface area contributed by atoms with Crippen molar-refractivity contribution >= 4 is 6.02 Å². The second kappa shape index (κ2) is 9.70. The van der Waals surface area contributed by atoms with Gasteiger partial charge in [-0.1, -0.05) is 26.0 Å². The molecule has 0 aromatic heterocycles. The fraction of sp³-hybridized carbons (Fsp3) is 0.316. The molecule has 0 aliphatic heterocycles. The summed E-state index contributed by atoms with van der Waals surface area (Å²) in [6.07, 6.45) is -3.85. The molecule has 0 unspecified atom stereocenters. The maximum absolute atomic E-state index is 12.8. The molecule has 3 N–H and O–H groups in total. The van der Waals surface area contributed by atoms with Gasteiger partial charge in [-0.25, -0.2) is 0 Å². The van der Waals surface area contributed by atoms with Gasteiger partial charge in [-0.05, 0) is 48.4 Å². The van der Waals surface area contributed by atoms with E-state index in [1.165, 1.54) is 0 Å². The molecule has 0 amide bonds. The van der Waals surface area contributed by atoms with Crippen LogP contribution >= 0.6 is 0 Å². The van der Waals surface area contributed by atoms with Crippen LogP contribution in [0.2, 0.25) is 0 Å². The van der Waals surface area contributed by atoms with Gasteiger partial charge in [0.05, 0.1) is 12.2 Å². The molecule has 0 spiro atoms. The first-order valence-electron chi connectivity index (χ1n) is 8.16. The predicted octanol–water partition coefficient (Wildman–Crippen LogP) is 5.28. The minimum Gasteiger partial charge on any atom is -0.465 e. The molecule has 0 saturated heterocycles. The molecule has 0 bridgehead atoms. The van der Waals surface area contributed by atoms with E-state index >= 15 is 0 Å². The Morgan fingerprint density at radius 1 is 1.04 bits per heavy atom. The molecular formula is C19H23F3N2O2. The second-order valence-electron chi connectivity index (χ2n) is 5.24. The average molecular weight is 368 g/mol. The summed E-state index contributed by atoms with van der Waals surface area (Å²) < 4.78 is 48.8. The number of nitrogens with one attached hydrogen (secondary N) is 1. The number of ether oxygens (including phenoxy) is 2. The fourth-order valence-corrected chi connectivity index (χ4v) is 2.11. The van der Waals surface area contributed by atoms with E-state index in [0.29, 0.717) is 17.7 Å². The minimum absolute atomic E-state index is 0.134. The van der Waals surface area contributed by atoms with E-state index in [1.54, 1.807) is 37.3 Å². The lowest BCUT2D eigenvalue weighted by molar-refractivity contribution is -0.137. The zero-order valence-electron chi connectivity index (χ0n) is 15.0. The van der Waals surface area contributed by atoms with Gasteiger partial charge < -0.3 is 15.2 Å². The van der Waals surface area contributed by atoms with Gasteiger partial charge in [-0.2, -0.15) is 13.2 Å². The van der Waals surface area contributed by atoms with Crippen LogP contribution in [-0.2, 0) is 17.3 Å². The molecule has 0 aliphatic rings. The molecule has 26 heavy (non-hydrogen) atoms. The number of alkyl halides is 3. The number of hydrogen-bond donors (Lipinski definition) is 2. The lowest BCUT2D eigenvalue weighted by Gasteiger charge is -2.12. The third-order valence-electron chi connectivity index (χ3n) is 3.19. The van der Waals surface area contributed by atoms with Crippen molar-refractivity contribution in [2.45, 2.75) is 33.4 Å². The smallest absolute Gasteiger partial charge is 0.416 e. The summed E-state index contributed by atoms with van der Waals surface area (Å²) in [5, 5.41) is 6.95. The van der Waals surface area contributed by atoms with Crippen LogP contribution in [0.4, 0.5) is 13.2 Å². The number of amidine groups is 1. The van der Waals surface area contributed by atoms with Crippen molar-refractivity contribution in [2.75, 3.05) is 6.61 Å². The molecule has 142 valence electrons. The number of nitrogens with two attached hydrogens (primary N) is 1. The van der Waals surface area contributed by atoms with E-state index in [4.69, 9.17) is 20.6 Å². The topological polar surface area (TPSA) is 68.3 Å². The fourth-order valence-electron chi connectivity index (χ4n) is 2.11. The Balaban J connectivity index is 0.00000163. The molecule has 0 fully saturated rings. The van der Waals surface area contributed by atoms with Crippen molar-refractivity contribution in [2.24, 2.45) is 5.73 Å². The van der Waals surface area contributed by atoms with Gasteiger partial charge in [0.2, 0.25) is 0 Å². The lowest BCUT2D eigenvalue weighted by Crippen LogP contribution is -2.15. The SMILES string of the molecule is CC.Cc1cc(Oc2ccc(CCOC(=N)N)cc2)cc(C(F)(F)F)c1. The average Bonchev–Trinajstić information content (AvgIpc) is 2.57. The monoisotopic (exact) mass is 368 g/mol. The van der Waals surface area contributed by atoms with Crippen LogP contribution in [0.3, 0.4) is 0 Å². The van der Waals surface area contributed by atoms with Crippen molar-refractivity contribution in [1.29, 1.82) is 5.41 Å². The Hall–Kier alpha value is -2.70. The first-order valence-corrected chi connectivity index (χ1v) is 8.16. The summed E-state index contributed by atoms with van der Waals surface area (Å²) in [5.74, 6) is 0.569. The van der Waals surface area contributed by atoms with Gasteiger partial charge in [0.1, 0.15) is 11.5 Å². The molecular weight excluding hydrogens is 345 g/mol. The Morgan fingerprint density at radius 3 is 2.19 bits per heavy atom. The van der Waals surface area contributed by atoms with Crippen molar-refractivity contribution in [3.05, 3.63) is 59.2 Å². The molecule has 0 heterocycles. The Morgan fingerprint density at radius 2 is 1.65 bits per heavy atom. The van der Waals surface area contributed by atoms with Gasteiger partial charge in [-0.3, -0.25) is 5.41 Å². The molecule has 7 heteroatoms. The van der Waals surface area contributed by atoms with E-state index in [-0.39, 0.29) is 18.4 Å². The number of benzene rings is 2. The highest BCUT2D eigenvalue weighted by Crippen LogP contribution is 2.34. The molecule has 4 nitrogen and oxygen atoms in total. The number of hydrogen-bond acceptors (Lipinski definition) is 3. The Kier molecular flexibility index (Phi) is 7.96. The van der Waals surface area contributed by atoms with Crippen LogP contribution < -0.4 is 10.5 Å². The molecule has 0 saturated carbocycles. The Labute approximate surface area is 151 Å². The third-order valence-corrected chi connectivity index (χ3v) is 3.19. The van der Waals surface area contributed by atoms with Crippen LogP contribution in [0.25, 0.3) is 0 Å². The number of rotatable bonds is 5. The summed E-state index contributed by atoms with van der Waals surface area (Å²) in [7, 11) is 0. The lowest BCUT2D eigenvalue weighted by atomic mass is 10.1. The first kappa shape index (κ1) is 21.3. The van der Waals surface area contributed by atoms with Crippen molar-refractivity contribution in [1.82, 2.24) is 0 Å². The van der Waals surface area contributed by atoms with Gasteiger partial charge >= 0.3 is 6.18 Å². The van der Waals surface area contributed by atoms with Crippen LogP contribution in [0.5, 0.6) is 11.5 Å². The zero-order valence-corrected chi connectivity index (χ0v) is 15.0. The van der Waals surface area contributed by atoms with Crippen molar-refractivity contribution < 1.29 is 22.6 Å². The minimum atomic E-state index is -4.41. The van der Waals surface area contributed by atoms with E-state index in [9.17, 15) is 13.2 Å². The van der Waals surface area contributed by atoms with E-state index in [2.05, 4.69) is 0 Å². The quantitative estimate of drug-likeness (QED) is 0.557. The molecule has 0 radical (unpaired) electrons. The molecule has 0 aliphatic carbocycles. The highest BCUT2D eigenvalue weighted by atomic mass is 19.4. The molecule has 2 aromatic carbocycles. The maximum Gasteiger partial charge on any atom is 0.416 e. The number of halogens is 3. The van der Waals surface area contributed by atoms with E-state index in [1.807, 2.05) is 13.8 Å². The third kappa shape index (κ3) is 7.04. The van der Waals surface area contributed by atoms with Gasteiger partial charge in [-0.15, -0.1) is 0 Å². The van der Waals surface area contributed by atoms with Gasteiger partial charge in [0.15, 0.2) is 0 Å². The highest BCUT2D eigenvalue weighted by molar-refractivity contribution is 5.67. The summed E-state index contributed by atoms with van der Waals surface area (Å²) in [4.78, 5) is 0. The molecule has 2 rings (SSSR count). The second-order valence-corrected chi connectivity index (χ2v) is 5.24. The van der Waals surface area contributed by atoms with Crippen LogP contribution in [0.15, 0.2) is 42.5 Å². The van der Waals surface area contributed by atoms with Crippen molar-refractivity contribution in [3.63, 3.8) is 0 Å². The summed E-state index contributed by atoms with van der Waals surface area (Å²) in [5.41, 5.74) is 5.75. The predicted molar refractivity (Wildman–Crippen MR) is 95.6 cm³/mol. The standard InChI is InChI=1S/C17H17F3N2O2.C2H6/c1-11-8-13(17(18,19)20)10-15(9-11)24-14-4-2-12(3-5-14)6-7-23-16(21)22;1-2/h2-5,8-10H,6-7H2,1H3,(H3,21,22);1-2H3. The van der Waals surface area contributed by atoms with Crippen LogP contribution in [-0.4, -0.2) is 12.6 Å². The summed E-state index contributed by atoms with van der Waals surface area (Å²) in [6, 6.07) is 10.1. The van der Waals surface area contributed by atoms with Crippen LogP contribution in [0.1, 0.15) is 30.5 Å². The molecule has 2 aromatic rings. The number of aryl methyl sites for hydroxylation is 1. The molecule has 0 atom stereocenters. The van der Waals surface area contributed by atoms with Gasteiger partial charge in [0, 0.05) is 6.42 Å². The van der Waals surface area contributed by atoms with Crippen LogP contribution in [0, 0.1) is 12.3 Å². The summed E-state index contributed by atoms with van der Waals surface area (Å²) >= 11 is 0. The Bertz CT molecular complexity index is 714. The summed E-state index contributed by atoms with van der Waals surface area (Å²) in [6.45, 7) is 5.86. The largest absolute Gasteiger partial charge is 0.465 e. The van der Waals surface area contributed by atoms with E-state index < -0.39 is 11.7 Å². The first-order chi connectivity index (χ1) is 12.2.